The highest BCUT2D eigenvalue weighted by atomic mass is 16.6. The number of nitrogens with two attached hydrogens (primary N) is 1. The van der Waals surface area contributed by atoms with Gasteiger partial charge in [-0.3, -0.25) is 0 Å². The quantitative estimate of drug-likeness (QED) is 0.736. The summed E-state index contributed by atoms with van der Waals surface area (Å²) in [6.07, 6.45) is 0.799. The van der Waals surface area contributed by atoms with E-state index in [4.69, 9.17) is 10.6 Å². The molecule has 2 rings (SSSR count). The third-order valence-electron chi connectivity index (χ3n) is 2.56. The molecular formula is C13H18N2O. The molecule has 0 radical (unpaired) electrons. The van der Waals surface area contributed by atoms with Gasteiger partial charge in [-0.25, -0.2) is 0 Å². The highest BCUT2D eigenvalue weighted by Crippen LogP contribution is 2.27. The minimum atomic E-state index is -0.262. The van der Waals surface area contributed by atoms with E-state index in [0.29, 0.717) is 0 Å². The van der Waals surface area contributed by atoms with E-state index in [9.17, 15) is 0 Å². The lowest BCUT2D eigenvalue weighted by Crippen LogP contribution is -2.21. The Labute approximate surface area is 96.3 Å². The average molecular weight is 218 g/mol. The molecule has 1 aliphatic carbocycles. The van der Waals surface area contributed by atoms with Crippen LogP contribution in [0.25, 0.3) is 0 Å². The van der Waals surface area contributed by atoms with Crippen LogP contribution in [0.1, 0.15) is 37.9 Å². The molecule has 2 N–H and O–H groups in total. The Morgan fingerprint density at radius 3 is 2.62 bits per heavy atom. The normalized spacial score (nSPS) is 22.2. The number of fused-ring (bicyclic) bond motifs is 1. The van der Waals surface area contributed by atoms with Gasteiger partial charge in [0, 0.05) is 6.42 Å². The molecule has 1 atom stereocenters. The van der Waals surface area contributed by atoms with Crippen LogP contribution in [0.4, 0.5) is 0 Å². The van der Waals surface area contributed by atoms with E-state index in [1.54, 1.807) is 0 Å². The first-order valence-electron chi connectivity index (χ1n) is 5.56. The van der Waals surface area contributed by atoms with E-state index < -0.39 is 0 Å². The topological polar surface area (TPSA) is 47.6 Å². The summed E-state index contributed by atoms with van der Waals surface area (Å²) in [4.78, 5) is 5.42. The first kappa shape index (κ1) is 11.1. The first-order chi connectivity index (χ1) is 7.47. The van der Waals surface area contributed by atoms with Crippen LogP contribution in [0.15, 0.2) is 29.4 Å². The van der Waals surface area contributed by atoms with Crippen molar-refractivity contribution in [2.75, 3.05) is 0 Å². The number of hydrogen-bond donors (Lipinski definition) is 1. The second-order valence-electron chi connectivity index (χ2n) is 5.14. The van der Waals surface area contributed by atoms with Crippen LogP contribution < -0.4 is 5.73 Å². The van der Waals surface area contributed by atoms with Gasteiger partial charge < -0.3 is 10.6 Å². The van der Waals surface area contributed by atoms with Gasteiger partial charge in [-0.05, 0) is 31.9 Å². The lowest BCUT2D eigenvalue weighted by molar-refractivity contribution is 0.000220. The number of benzene rings is 1. The molecule has 0 saturated carbocycles. The molecule has 0 aromatic heterocycles. The fraction of sp³-hybridized carbons (Fsp3) is 0.462. The van der Waals surface area contributed by atoms with Crippen molar-refractivity contribution >= 4 is 5.71 Å². The fourth-order valence-corrected chi connectivity index (χ4v) is 1.77. The maximum Gasteiger partial charge on any atom is 0.129 e. The van der Waals surface area contributed by atoms with Crippen LogP contribution in [-0.2, 0) is 11.3 Å². The highest BCUT2D eigenvalue weighted by molar-refractivity contribution is 5.96. The van der Waals surface area contributed by atoms with Gasteiger partial charge in [0.1, 0.15) is 5.60 Å². The van der Waals surface area contributed by atoms with Gasteiger partial charge in [0.25, 0.3) is 0 Å². The van der Waals surface area contributed by atoms with E-state index in [0.717, 1.165) is 12.1 Å². The second kappa shape index (κ2) is 3.91. The van der Waals surface area contributed by atoms with Crippen LogP contribution in [0.3, 0.4) is 0 Å². The molecule has 0 bridgehead atoms. The Balaban J connectivity index is 2.19. The average Bonchev–Trinajstić information content (AvgIpc) is 2.53. The van der Waals surface area contributed by atoms with Crippen molar-refractivity contribution in [3.63, 3.8) is 0 Å². The van der Waals surface area contributed by atoms with E-state index in [1.807, 2.05) is 32.9 Å². The van der Waals surface area contributed by atoms with Gasteiger partial charge in [0.05, 0.1) is 11.8 Å². The molecule has 86 valence electrons. The predicted octanol–water partition coefficient (Wildman–Crippen LogP) is 2.41. The number of oxime groups is 1. The molecule has 0 heterocycles. The van der Waals surface area contributed by atoms with Crippen LogP contribution in [0.2, 0.25) is 0 Å². The number of nitrogens with zero attached hydrogens (tertiary/aromatic N) is 1. The molecule has 1 aromatic rings. The third-order valence-corrected chi connectivity index (χ3v) is 2.56. The van der Waals surface area contributed by atoms with Gasteiger partial charge in [-0.1, -0.05) is 29.4 Å². The molecule has 1 aromatic carbocycles. The summed E-state index contributed by atoms with van der Waals surface area (Å²) in [5, 5.41) is 4.18. The van der Waals surface area contributed by atoms with E-state index in [2.05, 4.69) is 17.3 Å². The molecular weight excluding hydrogens is 200 g/mol. The summed E-state index contributed by atoms with van der Waals surface area (Å²) >= 11 is 0. The molecule has 1 aliphatic rings. The molecule has 16 heavy (non-hydrogen) atoms. The summed E-state index contributed by atoms with van der Waals surface area (Å²) in [5.74, 6) is 0. The molecule has 0 aliphatic heterocycles. The minimum Gasteiger partial charge on any atom is -0.390 e. The Hall–Kier alpha value is -1.35. The van der Waals surface area contributed by atoms with Crippen molar-refractivity contribution in [1.29, 1.82) is 0 Å². The van der Waals surface area contributed by atoms with Crippen molar-refractivity contribution in [1.82, 2.24) is 0 Å². The number of hydrogen-bond acceptors (Lipinski definition) is 3. The summed E-state index contributed by atoms with van der Waals surface area (Å²) in [6, 6.07) is 8.07. The van der Waals surface area contributed by atoms with Crippen LogP contribution in [-0.4, -0.2) is 11.3 Å². The number of rotatable bonds is 1. The van der Waals surface area contributed by atoms with Crippen molar-refractivity contribution < 1.29 is 4.84 Å². The summed E-state index contributed by atoms with van der Waals surface area (Å²) in [6.45, 7) is 5.93. The van der Waals surface area contributed by atoms with E-state index >= 15 is 0 Å². The smallest absolute Gasteiger partial charge is 0.129 e. The zero-order valence-corrected chi connectivity index (χ0v) is 10.0. The van der Waals surface area contributed by atoms with Gasteiger partial charge in [-0.15, -0.1) is 0 Å². The summed E-state index contributed by atoms with van der Waals surface area (Å²) in [7, 11) is 0. The van der Waals surface area contributed by atoms with Gasteiger partial charge in [-0.2, -0.15) is 0 Å². The van der Waals surface area contributed by atoms with Crippen LogP contribution in [0.5, 0.6) is 0 Å². The third kappa shape index (κ3) is 2.25. The minimum absolute atomic E-state index is 0.112. The summed E-state index contributed by atoms with van der Waals surface area (Å²) in [5.41, 5.74) is 9.18. The molecule has 0 saturated heterocycles. The monoisotopic (exact) mass is 218 g/mol. The largest absolute Gasteiger partial charge is 0.390 e. The van der Waals surface area contributed by atoms with Crippen molar-refractivity contribution in [2.45, 2.75) is 38.8 Å². The molecule has 1 unspecified atom stereocenters. The van der Waals surface area contributed by atoms with Gasteiger partial charge in [0.15, 0.2) is 0 Å². The van der Waals surface area contributed by atoms with Crippen molar-refractivity contribution in [2.24, 2.45) is 10.9 Å². The Morgan fingerprint density at radius 2 is 2.00 bits per heavy atom. The Bertz CT molecular complexity index is 418. The molecule has 3 heteroatoms. The molecule has 0 fully saturated rings. The van der Waals surface area contributed by atoms with Gasteiger partial charge in [0.2, 0.25) is 0 Å². The zero-order valence-electron chi connectivity index (χ0n) is 10.0. The standard InChI is InChI=1S/C13H18N2O/c1-13(2,3)16-15-11-8-9-6-4-5-7-10(9)12(11)14/h4-7,12H,8,14H2,1-3H3/b15-11-. The highest BCUT2D eigenvalue weighted by Gasteiger charge is 2.26. The van der Waals surface area contributed by atoms with Gasteiger partial charge >= 0.3 is 0 Å². The molecule has 3 nitrogen and oxygen atoms in total. The molecule has 0 spiro atoms. The maximum atomic E-state index is 6.11. The van der Waals surface area contributed by atoms with Crippen molar-refractivity contribution in [3.05, 3.63) is 35.4 Å². The fourth-order valence-electron chi connectivity index (χ4n) is 1.77. The lowest BCUT2D eigenvalue weighted by atomic mass is 10.1. The van der Waals surface area contributed by atoms with Crippen molar-refractivity contribution in [3.8, 4) is 0 Å². The Morgan fingerprint density at radius 1 is 1.31 bits per heavy atom. The second-order valence-corrected chi connectivity index (χ2v) is 5.14. The maximum absolute atomic E-state index is 6.11. The van der Waals surface area contributed by atoms with E-state index in [1.165, 1.54) is 11.1 Å². The zero-order chi connectivity index (χ0) is 11.8. The van der Waals surface area contributed by atoms with Crippen LogP contribution >= 0.6 is 0 Å². The lowest BCUT2D eigenvalue weighted by Gasteiger charge is -2.16. The van der Waals surface area contributed by atoms with E-state index in [-0.39, 0.29) is 11.6 Å². The first-order valence-corrected chi connectivity index (χ1v) is 5.56. The SMILES string of the molecule is CC(C)(C)O/N=C1/Cc2ccccc2C1N. The predicted molar refractivity (Wildman–Crippen MR) is 65.3 cm³/mol. The summed E-state index contributed by atoms with van der Waals surface area (Å²) < 4.78 is 0. The molecule has 0 amide bonds. The van der Waals surface area contributed by atoms with Crippen LogP contribution in [0, 0.1) is 0 Å². The Kier molecular flexibility index (Phi) is 2.72.